The molecule has 5 heteroatoms. The maximum atomic E-state index is 9.57. The second kappa shape index (κ2) is 9.59. The molecule has 0 saturated heterocycles. The first kappa shape index (κ1) is 20.2. The predicted octanol–water partition coefficient (Wildman–Crippen LogP) is 5.79. The topological polar surface area (TPSA) is 73.4 Å². The molecule has 3 rings (SSSR count). The van der Waals surface area contributed by atoms with Gasteiger partial charge < -0.3 is 0 Å². The summed E-state index contributed by atoms with van der Waals surface area (Å²) in [6.07, 6.45) is 5.50. The van der Waals surface area contributed by atoms with Crippen LogP contribution in [0, 0.1) is 22.7 Å². The first-order valence-corrected chi connectivity index (χ1v) is 10.2. The van der Waals surface area contributed by atoms with Crippen molar-refractivity contribution in [1.82, 2.24) is 9.36 Å². The molecule has 0 N–H and O–H groups in total. The van der Waals surface area contributed by atoms with Crippen molar-refractivity contribution in [3.05, 3.63) is 81.6 Å². The van der Waals surface area contributed by atoms with E-state index in [2.05, 4.69) is 35.3 Å². The van der Waals surface area contributed by atoms with Crippen LogP contribution in [0.25, 0.3) is 23.3 Å². The molecule has 0 radical (unpaired) electrons. The molecule has 0 aliphatic carbocycles. The zero-order valence-corrected chi connectivity index (χ0v) is 17.2. The number of nitrogens with zero attached hydrogens (tertiary/aromatic N) is 4. The fourth-order valence-corrected chi connectivity index (χ4v) is 3.41. The molecule has 0 unspecified atom stereocenters. The summed E-state index contributed by atoms with van der Waals surface area (Å²) in [6.45, 7) is 4.21. The van der Waals surface area contributed by atoms with Gasteiger partial charge in [0.15, 0.2) is 10.8 Å². The monoisotopic (exact) mass is 396 g/mol. The van der Waals surface area contributed by atoms with Crippen LogP contribution < -0.4 is 0 Å². The van der Waals surface area contributed by atoms with Crippen LogP contribution >= 0.6 is 11.5 Å². The highest BCUT2D eigenvalue weighted by atomic mass is 32.1. The second-order valence-electron chi connectivity index (χ2n) is 6.45. The number of rotatable bonds is 6. The summed E-state index contributed by atoms with van der Waals surface area (Å²) >= 11 is 1.13. The average Bonchev–Trinajstić information content (AvgIpc) is 3.26. The molecule has 4 nitrogen and oxygen atoms in total. The summed E-state index contributed by atoms with van der Waals surface area (Å²) in [7, 11) is 0. The van der Waals surface area contributed by atoms with Gasteiger partial charge in [-0.3, -0.25) is 0 Å². The van der Waals surface area contributed by atoms with E-state index in [0.29, 0.717) is 22.0 Å². The molecule has 29 heavy (non-hydrogen) atoms. The summed E-state index contributed by atoms with van der Waals surface area (Å²) in [5.74, 6) is 0.342. The fraction of sp³-hybridized carbons (Fsp3) is 0.167. The summed E-state index contributed by atoms with van der Waals surface area (Å²) in [5, 5.41) is 19.6. The van der Waals surface area contributed by atoms with Crippen molar-refractivity contribution in [2.45, 2.75) is 26.7 Å². The van der Waals surface area contributed by atoms with Crippen molar-refractivity contribution in [3.63, 3.8) is 0 Å². The zero-order chi connectivity index (χ0) is 20.6. The van der Waals surface area contributed by atoms with Crippen LogP contribution in [0.15, 0.2) is 48.5 Å². The number of hydrogen-bond donors (Lipinski definition) is 0. The molecular weight excluding hydrogens is 376 g/mol. The van der Waals surface area contributed by atoms with Crippen LogP contribution in [0.3, 0.4) is 0 Å². The standard InChI is InChI=1S/C24H20N4S/c1-3-17-5-9-19(10-6-17)13-21(15-25)23-27-24(29-28-23)22(16-26)14-20-11-7-18(4-2)8-12-20/h5-14H,3-4H2,1-2H3/b21-13+,22-14+. The van der Waals surface area contributed by atoms with Crippen LogP contribution in [0.4, 0.5) is 0 Å². The van der Waals surface area contributed by atoms with Crippen LogP contribution in [0.1, 0.15) is 46.9 Å². The van der Waals surface area contributed by atoms with Gasteiger partial charge in [-0.1, -0.05) is 62.4 Å². The van der Waals surface area contributed by atoms with Gasteiger partial charge in [-0.05, 0) is 58.8 Å². The van der Waals surface area contributed by atoms with E-state index < -0.39 is 0 Å². The lowest BCUT2D eigenvalue weighted by Crippen LogP contribution is -1.88. The molecular formula is C24H20N4S. The molecule has 1 aromatic heterocycles. The Labute approximate surface area is 175 Å². The Hall–Kier alpha value is -3.54. The zero-order valence-electron chi connectivity index (χ0n) is 16.4. The van der Waals surface area contributed by atoms with Crippen LogP contribution in [-0.2, 0) is 12.8 Å². The Bertz CT molecular complexity index is 1030. The lowest BCUT2D eigenvalue weighted by atomic mass is 10.1. The number of aromatic nitrogens is 2. The molecule has 0 aliphatic rings. The third-order valence-electron chi connectivity index (χ3n) is 4.54. The van der Waals surface area contributed by atoms with Gasteiger partial charge >= 0.3 is 0 Å². The van der Waals surface area contributed by atoms with E-state index in [1.165, 1.54) is 11.1 Å². The lowest BCUT2D eigenvalue weighted by Gasteiger charge is -1.99. The summed E-state index contributed by atoms with van der Waals surface area (Å²) in [5.41, 5.74) is 5.15. The van der Waals surface area contributed by atoms with Crippen molar-refractivity contribution in [1.29, 1.82) is 10.5 Å². The van der Waals surface area contributed by atoms with E-state index in [1.54, 1.807) is 12.2 Å². The highest BCUT2D eigenvalue weighted by Crippen LogP contribution is 2.23. The minimum absolute atomic E-state index is 0.342. The predicted molar refractivity (Wildman–Crippen MR) is 119 cm³/mol. The first-order valence-electron chi connectivity index (χ1n) is 9.42. The molecule has 0 atom stereocenters. The van der Waals surface area contributed by atoms with E-state index in [1.807, 2.05) is 48.5 Å². The second-order valence-corrected chi connectivity index (χ2v) is 7.20. The lowest BCUT2D eigenvalue weighted by molar-refractivity contribution is 1.14. The molecule has 0 fully saturated rings. The Kier molecular flexibility index (Phi) is 6.68. The molecule has 0 aliphatic heterocycles. The van der Waals surface area contributed by atoms with E-state index in [9.17, 15) is 10.5 Å². The van der Waals surface area contributed by atoms with Gasteiger partial charge in [0.05, 0.1) is 11.1 Å². The fourth-order valence-electron chi connectivity index (χ4n) is 2.76. The quantitative estimate of drug-likeness (QED) is 0.494. The number of hydrogen-bond acceptors (Lipinski definition) is 5. The summed E-state index contributed by atoms with van der Waals surface area (Å²) < 4.78 is 4.30. The number of aryl methyl sites for hydroxylation is 2. The minimum Gasteiger partial charge on any atom is -0.213 e. The maximum absolute atomic E-state index is 9.57. The van der Waals surface area contributed by atoms with E-state index in [0.717, 1.165) is 35.5 Å². The first-order chi connectivity index (χ1) is 14.2. The van der Waals surface area contributed by atoms with Gasteiger partial charge in [0.2, 0.25) is 0 Å². The number of nitriles is 2. The Morgan fingerprint density at radius 1 is 0.828 bits per heavy atom. The van der Waals surface area contributed by atoms with Crippen LogP contribution in [0.5, 0.6) is 0 Å². The molecule has 3 aromatic rings. The maximum Gasteiger partial charge on any atom is 0.184 e. The highest BCUT2D eigenvalue weighted by molar-refractivity contribution is 7.06. The van der Waals surface area contributed by atoms with E-state index in [-0.39, 0.29) is 0 Å². The Morgan fingerprint density at radius 2 is 1.31 bits per heavy atom. The van der Waals surface area contributed by atoms with E-state index >= 15 is 0 Å². The molecule has 142 valence electrons. The third kappa shape index (κ3) is 5.04. The SMILES string of the molecule is CCc1ccc(/C=C(\C#N)c2nsc(/C(C#N)=C/c3ccc(CC)cc3)n2)cc1. The molecule has 0 spiro atoms. The van der Waals surface area contributed by atoms with Gasteiger partial charge in [0.25, 0.3) is 0 Å². The molecule has 2 aromatic carbocycles. The largest absolute Gasteiger partial charge is 0.213 e. The molecule has 1 heterocycles. The molecule has 0 saturated carbocycles. The smallest absolute Gasteiger partial charge is 0.184 e. The van der Waals surface area contributed by atoms with E-state index in [4.69, 9.17) is 0 Å². The van der Waals surface area contributed by atoms with Gasteiger partial charge in [-0.25, -0.2) is 4.98 Å². The van der Waals surface area contributed by atoms with Crippen LogP contribution in [0.2, 0.25) is 0 Å². The van der Waals surface area contributed by atoms with Gasteiger partial charge in [-0.15, -0.1) is 0 Å². The number of allylic oxidation sites excluding steroid dienone is 2. The Balaban J connectivity index is 1.88. The molecule has 0 bridgehead atoms. The van der Waals surface area contributed by atoms with Crippen molar-refractivity contribution in [2.75, 3.05) is 0 Å². The molecule has 0 amide bonds. The normalized spacial score (nSPS) is 11.7. The number of benzene rings is 2. The minimum atomic E-state index is 0.342. The van der Waals surface area contributed by atoms with Crippen molar-refractivity contribution in [2.24, 2.45) is 0 Å². The van der Waals surface area contributed by atoms with Crippen molar-refractivity contribution in [3.8, 4) is 12.1 Å². The summed E-state index contributed by atoms with van der Waals surface area (Å²) in [6, 6.07) is 20.5. The van der Waals surface area contributed by atoms with Gasteiger partial charge in [0, 0.05) is 0 Å². The van der Waals surface area contributed by atoms with Gasteiger partial charge in [0.1, 0.15) is 12.1 Å². The van der Waals surface area contributed by atoms with Gasteiger partial charge in [-0.2, -0.15) is 14.9 Å². The van der Waals surface area contributed by atoms with Crippen LogP contribution in [-0.4, -0.2) is 9.36 Å². The Morgan fingerprint density at radius 3 is 1.76 bits per heavy atom. The summed E-state index contributed by atoms with van der Waals surface area (Å²) in [4.78, 5) is 4.44. The third-order valence-corrected chi connectivity index (χ3v) is 5.28. The average molecular weight is 397 g/mol. The van der Waals surface area contributed by atoms with Crippen molar-refractivity contribution >= 4 is 34.8 Å². The van der Waals surface area contributed by atoms with Crippen molar-refractivity contribution < 1.29 is 0 Å². The highest BCUT2D eigenvalue weighted by Gasteiger charge is 2.13.